The third-order valence-corrected chi connectivity index (χ3v) is 1.88. The van der Waals surface area contributed by atoms with Crippen LogP contribution in [-0.4, -0.2) is 44.4 Å². The lowest BCUT2D eigenvalue weighted by Crippen LogP contribution is -2.14. The van der Waals surface area contributed by atoms with Crippen molar-refractivity contribution in [1.82, 2.24) is 0 Å². The maximum atomic E-state index is 11.6. The van der Waals surface area contributed by atoms with Gasteiger partial charge in [0, 0.05) is 25.9 Å². The number of Topliss-reactive ketones (excluding diaryl/α,β-unsaturated/α-hetero) is 1. The maximum absolute atomic E-state index is 11.6. The van der Waals surface area contributed by atoms with Crippen LogP contribution in [0.3, 0.4) is 0 Å². The lowest BCUT2D eigenvalue weighted by atomic mass is 10.1. The van der Waals surface area contributed by atoms with E-state index >= 15 is 0 Å². The van der Waals surface area contributed by atoms with Crippen molar-refractivity contribution in [2.24, 2.45) is 0 Å². The molecular weight excluding hydrogens is 220 g/mol. The van der Waals surface area contributed by atoms with Crippen LogP contribution >= 0.6 is 0 Å². The summed E-state index contributed by atoms with van der Waals surface area (Å²) in [6.07, 6.45) is 7.33. The fourth-order valence-corrected chi connectivity index (χ4v) is 1.04. The minimum atomic E-state index is -0.106. The Labute approximate surface area is 102 Å². The molecule has 0 radical (unpaired) electrons. The second-order valence-electron chi connectivity index (χ2n) is 3.30. The molecule has 0 spiro atoms. The molecule has 4 nitrogen and oxygen atoms in total. The van der Waals surface area contributed by atoms with Gasteiger partial charge >= 0.3 is 0 Å². The SMILES string of the molecule is C=C/C=C\C=C(/COCCCO)C(=O)COC. The van der Waals surface area contributed by atoms with Gasteiger partial charge in [-0.25, -0.2) is 0 Å². The van der Waals surface area contributed by atoms with E-state index in [2.05, 4.69) is 6.58 Å². The monoisotopic (exact) mass is 240 g/mol. The summed E-state index contributed by atoms with van der Waals surface area (Å²) in [5.74, 6) is -0.106. The van der Waals surface area contributed by atoms with Crippen LogP contribution in [0.2, 0.25) is 0 Å². The number of rotatable bonds is 10. The summed E-state index contributed by atoms with van der Waals surface area (Å²) in [6.45, 7) is 4.32. The summed E-state index contributed by atoms with van der Waals surface area (Å²) in [5.41, 5.74) is 0.544. The zero-order valence-corrected chi connectivity index (χ0v) is 10.2. The summed E-state index contributed by atoms with van der Waals surface area (Å²) in [6, 6.07) is 0. The third kappa shape index (κ3) is 8.56. The highest BCUT2D eigenvalue weighted by Crippen LogP contribution is 2.00. The zero-order chi connectivity index (χ0) is 12.9. The van der Waals surface area contributed by atoms with Crippen molar-refractivity contribution < 1.29 is 19.4 Å². The first-order valence-corrected chi connectivity index (χ1v) is 5.45. The Morgan fingerprint density at radius 2 is 2.12 bits per heavy atom. The minimum absolute atomic E-state index is 0.0388. The Morgan fingerprint density at radius 3 is 2.71 bits per heavy atom. The highest BCUT2D eigenvalue weighted by atomic mass is 16.5. The third-order valence-electron chi connectivity index (χ3n) is 1.88. The van der Waals surface area contributed by atoms with Crippen LogP contribution in [-0.2, 0) is 14.3 Å². The van der Waals surface area contributed by atoms with Crippen LogP contribution in [0.15, 0.2) is 36.5 Å². The number of carbonyl (C=O) groups is 1. The Morgan fingerprint density at radius 1 is 1.35 bits per heavy atom. The zero-order valence-electron chi connectivity index (χ0n) is 10.2. The van der Waals surface area contributed by atoms with Gasteiger partial charge in [0.15, 0.2) is 5.78 Å². The Bertz CT molecular complexity index is 279. The number of allylic oxidation sites excluding steroid dienone is 4. The van der Waals surface area contributed by atoms with Gasteiger partial charge in [-0.05, 0) is 6.42 Å². The van der Waals surface area contributed by atoms with E-state index in [1.807, 2.05) is 0 Å². The molecule has 0 saturated carbocycles. The molecule has 0 rings (SSSR count). The molecule has 0 aromatic rings. The molecule has 0 saturated heterocycles. The van der Waals surface area contributed by atoms with E-state index in [4.69, 9.17) is 14.6 Å². The number of ether oxygens (including phenoxy) is 2. The Balaban J connectivity index is 4.29. The average Bonchev–Trinajstić information content (AvgIpc) is 2.32. The van der Waals surface area contributed by atoms with Crippen LogP contribution < -0.4 is 0 Å². The molecular formula is C13H20O4. The van der Waals surface area contributed by atoms with Gasteiger partial charge in [-0.2, -0.15) is 0 Å². The van der Waals surface area contributed by atoms with Gasteiger partial charge < -0.3 is 14.6 Å². The van der Waals surface area contributed by atoms with Crippen molar-refractivity contribution in [3.63, 3.8) is 0 Å². The van der Waals surface area contributed by atoms with Crippen molar-refractivity contribution in [2.75, 3.05) is 33.5 Å². The fourth-order valence-electron chi connectivity index (χ4n) is 1.04. The topological polar surface area (TPSA) is 55.8 Å². The van der Waals surface area contributed by atoms with Crippen molar-refractivity contribution in [3.05, 3.63) is 36.5 Å². The number of hydrogen-bond acceptors (Lipinski definition) is 4. The maximum Gasteiger partial charge on any atom is 0.186 e. The van der Waals surface area contributed by atoms with Crippen LogP contribution in [0.4, 0.5) is 0 Å². The molecule has 17 heavy (non-hydrogen) atoms. The normalized spacial score (nSPS) is 12.0. The van der Waals surface area contributed by atoms with Crippen LogP contribution in [0.1, 0.15) is 6.42 Å². The van der Waals surface area contributed by atoms with E-state index in [1.165, 1.54) is 7.11 Å². The van der Waals surface area contributed by atoms with E-state index in [1.54, 1.807) is 24.3 Å². The largest absolute Gasteiger partial charge is 0.396 e. The van der Waals surface area contributed by atoms with Gasteiger partial charge in [-0.3, -0.25) is 4.79 Å². The van der Waals surface area contributed by atoms with Crippen molar-refractivity contribution >= 4 is 5.78 Å². The number of carbonyl (C=O) groups excluding carboxylic acids is 1. The molecule has 0 aliphatic rings. The van der Waals surface area contributed by atoms with Crippen LogP contribution in [0.5, 0.6) is 0 Å². The second-order valence-corrected chi connectivity index (χ2v) is 3.30. The van der Waals surface area contributed by atoms with Gasteiger partial charge in [-0.1, -0.05) is 30.9 Å². The van der Waals surface area contributed by atoms with Gasteiger partial charge in [0.2, 0.25) is 0 Å². The number of aliphatic hydroxyl groups excluding tert-OH is 1. The van der Waals surface area contributed by atoms with E-state index in [0.717, 1.165) is 0 Å². The molecule has 0 bridgehead atoms. The standard InChI is InChI=1S/C13H20O4/c1-3-4-5-7-12(13(15)11-16-2)10-17-9-6-8-14/h3-5,7,14H,1,6,8-11H2,2H3/b5-4-,12-7+. The molecule has 0 aromatic heterocycles. The lowest BCUT2D eigenvalue weighted by molar-refractivity contribution is -0.119. The molecule has 0 heterocycles. The molecule has 0 amide bonds. The summed E-state index contributed by atoms with van der Waals surface area (Å²) in [5, 5.41) is 8.59. The smallest absolute Gasteiger partial charge is 0.186 e. The van der Waals surface area contributed by atoms with Gasteiger partial charge in [-0.15, -0.1) is 0 Å². The van der Waals surface area contributed by atoms with E-state index in [-0.39, 0.29) is 25.6 Å². The first-order valence-electron chi connectivity index (χ1n) is 5.45. The Hall–Kier alpha value is -1.23. The molecule has 0 unspecified atom stereocenters. The number of aliphatic hydroxyl groups is 1. The number of ketones is 1. The molecule has 0 aliphatic heterocycles. The van der Waals surface area contributed by atoms with E-state index in [0.29, 0.717) is 18.6 Å². The van der Waals surface area contributed by atoms with Crippen molar-refractivity contribution in [2.45, 2.75) is 6.42 Å². The molecule has 0 fully saturated rings. The van der Waals surface area contributed by atoms with Crippen molar-refractivity contribution in [3.8, 4) is 0 Å². The number of hydrogen-bond donors (Lipinski definition) is 1. The molecule has 0 atom stereocenters. The predicted octanol–water partition coefficient (Wildman–Crippen LogP) is 1.27. The van der Waals surface area contributed by atoms with Crippen molar-refractivity contribution in [1.29, 1.82) is 0 Å². The van der Waals surface area contributed by atoms with Crippen LogP contribution in [0, 0.1) is 0 Å². The van der Waals surface area contributed by atoms with Crippen LogP contribution in [0.25, 0.3) is 0 Å². The van der Waals surface area contributed by atoms with Gasteiger partial charge in [0.1, 0.15) is 6.61 Å². The highest BCUT2D eigenvalue weighted by molar-refractivity contribution is 5.96. The molecule has 1 N–H and O–H groups in total. The molecule has 96 valence electrons. The minimum Gasteiger partial charge on any atom is -0.396 e. The average molecular weight is 240 g/mol. The summed E-state index contributed by atoms with van der Waals surface area (Å²) in [4.78, 5) is 11.6. The first-order chi connectivity index (χ1) is 8.26. The van der Waals surface area contributed by atoms with Gasteiger partial charge in [0.05, 0.1) is 6.61 Å². The van der Waals surface area contributed by atoms with E-state index in [9.17, 15) is 4.79 Å². The number of methoxy groups -OCH3 is 1. The second kappa shape index (κ2) is 11.3. The summed E-state index contributed by atoms with van der Waals surface area (Å²) in [7, 11) is 1.47. The molecule has 0 aromatic carbocycles. The lowest BCUT2D eigenvalue weighted by Gasteiger charge is -2.06. The van der Waals surface area contributed by atoms with E-state index < -0.39 is 0 Å². The first kappa shape index (κ1) is 15.8. The molecule has 4 heteroatoms. The van der Waals surface area contributed by atoms with Gasteiger partial charge in [0.25, 0.3) is 0 Å². The Kier molecular flexibility index (Phi) is 10.4. The molecule has 0 aliphatic carbocycles. The fraction of sp³-hybridized carbons (Fsp3) is 0.462. The summed E-state index contributed by atoms with van der Waals surface area (Å²) >= 11 is 0. The predicted molar refractivity (Wildman–Crippen MR) is 66.8 cm³/mol. The highest BCUT2D eigenvalue weighted by Gasteiger charge is 2.08. The quantitative estimate of drug-likeness (QED) is 0.355. The summed E-state index contributed by atoms with van der Waals surface area (Å²) < 4.78 is 10.1.